The number of carbonyl (C=O) groups is 1. The Hall–Kier alpha value is -1.60. The smallest absolute Gasteiger partial charge is 0.329 e. The molecular weight excluding hydrogens is 294 g/mol. The highest BCUT2D eigenvalue weighted by Crippen LogP contribution is 2.22. The molecule has 1 atom stereocenters. The van der Waals surface area contributed by atoms with Gasteiger partial charge in [-0.05, 0) is 12.2 Å². The Morgan fingerprint density at radius 2 is 2.20 bits per heavy atom. The summed E-state index contributed by atoms with van der Waals surface area (Å²) in [5.41, 5.74) is 0. The van der Waals surface area contributed by atoms with Crippen molar-refractivity contribution in [2.24, 2.45) is 4.99 Å². The van der Waals surface area contributed by atoms with Gasteiger partial charge in [0.2, 0.25) is 0 Å². The van der Waals surface area contributed by atoms with Crippen LogP contribution in [0.4, 0.5) is 5.00 Å². The lowest BCUT2D eigenvalue weighted by Gasteiger charge is -2.05. The number of nitrogens with zero attached hydrogens (tertiary/aromatic N) is 3. The highest BCUT2D eigenvalue weighted by molar-refractivity contribution is 8.14. The number of carboxylic acid groups (broad SMARTS) is 1. The molecule has 0 aromatic carbocycles. The minimum absolute atomic E-state index is 0.511. The third-order valence-corrected chi connectivity index (χ3v) is 4.65. The molecule has 1 aromatic heterocycles. The lowest BCUT2D eigenvalue weighted by molar-refractivity contribution is -0.137. The fourth-order valence-electron chi connectivity index (χ4n) is 1.45. The van der Waals surface area contributed by atoms with Crippen molar-refractivity contribution in [1.82, 2.24) is 4.98 Å². The molecule has 0 radical (unpaired) electrons. The topological polar surface area (TPSA) is 65.8 Å². The molecule has 106 valence electrons. The second-order valence-electron chi connectivity index (χ2n) is 4.28. The van der Waals surface area contributed by atoms with Gasteiger partial charge in [-0.15, -0.1) is 11.8 Å². The van der Waals surface area contributed by atoms with Crippen molar-refractivity contribution in [2.75, 3.05) is 24.7 Å². The number of thiazole rings is 1. The van der Waals surface area contributed by atoms with Crippen LogP contribution in [0.15, 0.2) is 29.4 Å². The monoisotopic (exact) mass is 309 g/mol. The summed E-state index contributed by atoms with van der Waals surface area (Å²) in [4.78, 5) is 21.1. The van der Waals surface area contributed by atoms with Gasteiger partial charge in [0.1, 0.15) is 10.0 Å². The second-order valence-corrected chi connectivity index (χ2v) is 6.36. The van der Waals surface area contributed by atoms with Gasteiger partial charge in [0.25, 0.3) is 0 Å². The number of hydrogen-bond donors (Lipinski definition) is 1. The Labute approximate surface area is 125 Å². The van der Waals surface area contributed by atoms with Gasteiger partial charge in [0.05, 0.1) is 11.2 Å². The Balaban J connectivity index is 1.91. The van der Waals surface area contributed by atoms with Crippen LogP contribution in [-0.2, 0) is 4.79 Å². The first kappa shape index (κ1) is 14.8. The van der Waals surface area contributed by atoms with Crippen LogP contribution < -0.4 is 4.90 Å². The molecular formula is C13H15N3O2S2. The Bertz CT molecular complexity index is 576. The average molecular weight is 309 g/mol. The maximum Gasteiger partial charge on any atom is 0.329 e. The predicted octanol–water partition coefficient (Wildman–Crippen LogP) is 2.38. The Kier molecular flexibility index (Phi) is 4.97. The Morgan fingerprint density at radius 1 is 1.45 bits per heavy atom. The van der Waals surface area contributed by atoms with Crippen LogP contribution in [0.2, 0.25) is 0 Å². The number of anilines is 1. The van der Waals surface area contributed by atoms with Crippen molar-refractivity contribution < 1.29 is 9.90 Å². The summed E-state index contributed by atoms with van der Waals surface area (Å²) in [6.07, 6.45) is 9.32. The molecule has 1 N–H and O–H groups in total. The van der Waals surface area contributed by atoms with Gasteiger partial charge in [-0.2, -0.15) is 0 Å². The van der Waals surface area contributed by atoms with Gasteiger partial charge >= 0.3 is 5.97 Å². The molecule has 0 amide bonds. The number of carboxylic acids is 1. The van der Waals surface area contributed by atoms with Gasteiger partial charge in [-0.3, -0.25) is 4.99 Å². The van der Waals surface area contributed by atoms with E-state index in [0.29, 0.717) is 5.75 Å². The number of aromatic nitrogens is 1. The largest absolute Gasteiger partial charge is 0.480 e. The Morgan fingerprint density at radius 3 is 2.80 bits per heavy atom. The van der Waals surface area contributed by atoms with Gasteiger partial charge in [0, 0.05) is 19.8 Å². The molecule has 20 heavy (non-hydrogen) atoms. The molecule has 7 heteroatoms. The van der Waals surface area contributed by atoms with Crippen molar-refractivity contribution in [1.29, 1.82) is 0 Å². The molecule has 2 heterocycles. The molecule has 0 spiro atoms. The van der Waals surface area contributed by atoms with E-state index in [9.17, 15) is 4.79 Å². The standard InChI is InChI=1S/C13H15N3O2S2/c1-16(2)12-7-14-10(20-12)5-3-4-6-11-15-9(8-19-11)13(17)18/h3-7,9H,8H2,1-2H3,(H,17,18)/b5-3+,6-4+/t9-/m1/s1. The van der Waals surface area contributed by atoms with E-state index in [4.69, 9.17) is 5.11 Å². The highest BCUT2D eigenvalue weighted by atomic mass is 32.2. The molecule has 0 saturated heterocycles. The molecule has 1 aromatic rings. The van der Waals surface area contributed by atoms with Crippen LogP contribution >= 0.6 is 23.1 Å². The maximum absolute atomic E-state index is 10.8. The second kappa shape index (κ2) is 6.71. The minimum atomic E-state index is -0.865. The van der Waals surface area contributed by atoms with E-state index in [1.54, 1.807) is 11.3 Å². The molecule has 0 fully saturated rings. The number of thioether (sulfide) groups is 1. The summed E-state index contributed by atoms with van der Waals surface area (Å²) in [7, 11) is 3.96. The van der Waals surface area contributed by atoms with Crippen LogP contribution in [0.25, 0.3) is 6.08 Å². The zero-order valence-electron chi connectivity index (χ0n) is 11.2. The number of rotatable bonds is 5. The van der Waals surface area contributed by atoms with Gasteiger partial charge in [0.15, 0.2) is 6.04 Å². The summed E-state index contributed by atoms with van der Waals surface area (Å²) in [5, 5.41) is 11.6. The van der Waals surface area contributed by atoms with Crippen LogP contribution in [0.1, 0.15) is 5.01 Å². The first-order valence-corrected chi connectivity index (χ1v) is 7.78. The molecule has 0 unspecified atom stereocenters. The van der Waals surface area contributed by atoms with E-state index in [-0.39, 0.29) is 0 Å². The van der Waals surface area contributed by atoms with E-state index in [0.717, 1.165) is 15.1 Å². The fourth-order valence-corrected chi connectivity index (χ4v) is 3.12. The molecule has 0 bridgehead atoms. The summed E-state index contributed by atoms with van der Waals surface area (Å²) < 4.78 is 0. The van der Waals surface area contributed by atoms with E-state index >= 15 is 0 Å². The first-order chi connectivity index (χ1) is 9.56. The zero-order valence-corrected chi connectivity index (χ0v) is 12.8. The van der Waals surface area contributed by atoms with Crippen molar-refractivity contribution in [3.8, 4) is 0 Å². The summed E-state index contributed by atoms with van der Waals surface area (Å²) >= 11 is 3.07. The third kappa shape index (κ3) is 3.94. The molecule has 1 aliphatic rings. The molecule has 0 aliphatic carbocycles. The number of hydrogen-bond acceptors (Lipinski definition) is 6. The lowest BCUT2D eigenvalue weighted by Crippen LogP contribution is -2.16. The van der Waals surface area contributed by atoms with Gasteiger partial charge < -0.3 is 10.0 Å². The SMILES string of the molecule is CN(C)c1cnc(/C=C/C=C/C2=N[C@@H](C(=O)O)CS2)s1. The van der Waals surface area contributed by atoms with E-state index < -0.39 is 12.0 Å². The minimum Gasteiger partial charge on any atom is -0.480 e. The molecule has 0 saturated carbocycles. The zero-order chi connectivity index (χ0) is 14.5. The van der Waals surface area contributed by atoms with E-state index in [1.165, 1.54) is 11.8 Å². The van der Waals surface area contributed by atoms with Crippen molar-refractivity contribution in [3.63, 3.8) is 0 Å². The third-order valence-electron chi connectivity index (χ3n) is 2.50. The van der Waals surface area contributed by atoms with Gasteiger partial charge in [-0.25, -0.2) is 9.78 Å². The van der Waals surface area contributed by atoms with Crippen LogP contribution in [0, 0.1) is 0 Å². The number of aliphatic carboxylic acids is 1. The normalized spacial score (nSPS) is 18.9. The highest BCUT2D eigenvalue weighted by Gasteiger charge is 2.22. The molecule has 1 aliphatic heterocycles. The summed E-state index contributed by atoms with van der Waals surface area (Å²) in [5.74, 6) is -0.354. The van der Waals surface area contributed by atoms with Crippen LogP contribution in [0.5, 0.6) is 0 Å². The quantitative estimate of drug-likeness (QED) is 0.846. The van der Waals surface area contributed by atoms with Crippen molar-refractivity contribution in [2.45, 2.75) is 6.04 Å². The fraction of sp³-hybridized carbons (Fsp3) is 0.308. The van der Waals surface area contributed by atoms with E-state index in [1.807, 2.05) is 49.5 Å². The summed E-state index contributed by atoms with van der Waals surface area (Å²) in [6.45, 7) is 0. The average Bonchev–Trinajstić information content (AvgIpc) is 3.04. The summed E-state index contributed by atoms with van der Waals surface area (Å²) in [6, 6.07) is -0.606. The van der Waals surface area contributed by atoms with Crippen LogP contribution in [-0.4, -0.2) is 47.0 Å². The maximum atomic E-state index is 10.8. The van der Waals surface area contributed by atoms with E-state index in [2.05, 4.69) is 9.98 Å². The molecule has 2 rings (SSSR count). The predicted molar refractivity (Wildman–Crippen MR) is 85.9 cm³/mol. The van der Waals surface area contributed by atoms with Crippen LogP contribution in [0.3, 0.4) is 0 Å². The number of aliphatic imine (C=N–C) groups is 1. The van der Waals surface area contributed by atoms with Crippen molar-refractivity contribution in [3.05, 3.63) is 29.4 Å². The molecule has 5 nitrogen and oxygen atoms in total. The van der Waals surface area contributed by atoms with Crippen molar-refractivity contribution >= 4 is 45.2 Å². The number of allylic oxidation sites excluding steroid dienone is 2. The first-order valence-electron chi connectivity index (χ1n) is 5.97. The lowest BCUT2D eigenvalue weighted by atomic mass is 10.3. The van der Waals surface area contributed by atoms with Gasteiger partial charge in [-0.1, -0.05) is 23.5 Å².